The van der Waals surface area contributed by atoms with Gasteiger partial charge in [-0.2, -0.15) is 0 Å². The lowest BCUT2D eigenvalue weighted by Crippen LogP contribution is -2.49. The molecule has 7 heteroatoms. The Bertz CT molecular complexity index is 819. The van der Waals surface area contributed by atoms with E-state index in [1.54, 1.807) is 4.90 Å². The third-order valence-electron chi connectivity index (χ3n) is 6.19. The van der Waals surface area contributed by atoms with Gasteiger partial charge in [-0.1, -0.05) is 48.2 Å². The van der Waals surface area contributed by atoms with Crippen LogP contribution < -0.4 is 0 Å². The van der Waals surface area contributed by atoms with Crippen LogP contribution in [-0.2, 0) is 20.8 Å². The Labute approximate surface area is 181 Å². The molecule has 3 aliphatic rings. The highest BCUT2D eigenvalue weighted by atomic mass is 32.2. The molecule has 4 rings (SSSR count). The van der Waals surface area contributed by atoms with Crippen molar-refractivity contribution in [1.82, 2.24) is 9.80 Å². The lowest BCUT2D eigenvalue weighted by molar-refractivity contribution is -0.142. The molecule has 2 heterocycles. The van der Waals surface area contributed by atoms with E-state index >= 15 is 0 Å². The molecule has 1 unspecified atom stereocenters. The number of rotatable bonds is 3. The van der Waals surface area contributed by atoms with Crippen LogP contribution in [0.1, 0.15) is 49.3 Å². The molecule has 29 heavy (non-hydrogen) atoms. The minimum absolute atomic E-state index is 0.0269. The van der Waals surface area contributed by atoms with Gasteiger partial charge in [0.25, 0.3) is 0 Å². The zero-order valence-electron chi connectivity index (χ0n) is 16.5. The highest BCUT2D eigenvalue weighted by Gasteiger charge is 2.44. The van der Waals surface area contributed by atoms with Crippen molar-refractivity contribution < 1.29 is 14.4 Å². The number of thioether (sulfide) groups is 1. The molecule has 1 aromatic rings. The molecule has 2 aliphatic heterocycles. The van der Waals surface area contributed by atoms with Gasteiger partial charge in [-0.15, -0.1) is 0 Å². The third kappa shape index (κ3) is 4.26. The third-order valence-corrected chi connectivity index (χ3v) is 7.70. The highest BCUT2D eigenvalue weighted by Crippen LogP contribution is 2.39. The molecule has 1 amide bonds. The number of fused-ring (bicyclic) bond motifs is 1. The van der Waals surface area contributed by atoms with Crippen LogP contribution in [-0.4, -0.2) is 57.0 Å². The standard InChI is InChI=1S/C22H26N2O3S2/c25-17-8-5-9-18(26)20(17)21-16-7-2-1-6-15(16)10-13-24(21)19(27)14-29-22(28)23-11-3-4-12-23/h1-2,6-7,20-21H,3-5,8-14H2. The second kappa shape index (κ2) is 8.96. The van der Waals surface area contributed by atoms with Crippen LogP contribution in [0.3, 0.4) is 0 Å². The minimum atomic E-state index is -0.732. The number of carbonyl (C=O) groups is 3. The number of hydrogen-bond donors (Lipinski definition) is 0. The normalized spacial score (nSPS) is 22.7. The summed E-state index contributed by atoms with van der Waals surface area (Å²) in [6.07, 6.45) is 4.50. The average molecular weight is 431 g/mol. The van der Waals surface area contributed by atoms with Gasteiger partial charge in [0, 0.05) is 32.5 Å². The number of ketones is 2. The van der Waals surface area contributed by atoms with Gasteiger partial charge in [0.2, 0.25) is 5.91 Å². The molecule has 1 aliphatic carbocycles. The number of Topliss-reactive ketones (excluding diaryl/α,β-unsaturated/α-hetero) is 2. The summed E-state index contributed by atoms with van der Waals surface area (Å²) in [7, 11) is 0. The van der Waals surface area contributed by atoms with E-state index in [2.05, 4.69) is 4.90 Å². The van der Waals surface area contributed by atoms with E-state index in [0.717, 1.165) is 47.8 Å². The monoisotopic (exact) mass is 430 g/mol. The molecule has 0 spiro atoms. The fourth-order valence-corrected chi connectivity index (χ4v) is 5.85. The number of nitrogens with zero attached hydrogens (tertiary/aromatic N) is 2. The Hall–Kier alpha value is -1.73. The number of likely N-dealkylation sites (tertiary alicyclic amines) is 1. The highest BCUT2D eigenvalue weighted by molar-refractivity contribution is 8.23. The van der Waals surface area contributed by atoms with Crippen molar-refractivity contribution in [2.45, 2.75) is 44.6 Å². The smallest absolute Gasteiger partial charge is 0.233 e. The Balaban J connectivity index is 1.55. The van der Waals surface area contributed by atoms with Gasteiger partial charge >= 0.3 is 0 Å². The number of thiocarbonyl (C=S) groups is 1. The largest absolute Gasteiger partial charge is 0.358 e. The summed E-state index contributed by atoms with van der Waals surface area (Å²) in [4.78, 5) is 42.6. The molecule has 1 aromatic carbocycles. The second-order valence-electron chi connectivity index (χ2n) is 7.99. The van der Waals surface area contributed by atoms with Crippen molar-refractivity contribution in [2.24, 2.45) is 5.92 Å². The maximum Gasteiger partial charge on any atom is 0.233 e. The summed E-state index contributed by atoms with van der Waals surface area (Å²) in [6, 6.07) is 7.43. The molecule has 0 N–H and O–H groups in total. The zero-order chi connectivity index (χ0) is 20.4. The Kier molecular flexibility index (Phi) is 6.35. The number of amides is 1. The summed E-state index contributed by atoms with van der Waals surface area (Å²) in [5, 5.41) is 0. The van der Waals surface area contributed by atoms with Crippen LogP contribution >= 0.6 is 24.0 Å². The molecule has 2 fully saturated rings. The van der Waals surface area contributed by atoms with Crippen LogP contribution in [0.2, 0.25) is 0 Å². The van der Waals surface area contributed by atoms with E-state index in [9.17, 15) is 14.4 Å². The molecule has 1 atom stereocenters. The fourth-order valence-electron chi connectivity index (χ4n) is 4.71. The van der Waals surface area contributed by atoms with Crippen molar-refractivity contribution in [3.8, 4) is 0 Å². The summed E-state index contributed by atoms with van der Waals surface area (Å²) >= 11 is 6.90. The van der Waals surface area contributed by atoms with Gasteiger partial charge < -0.3 is 9.80 Å². The minimum Gasteiger partial charge on any atom is -0.358 e. The molecule has 0 aromatic heterocycles. The van der Waals surface area contributed by atoms with E-state index in [1.807, 2.05) is 24.3 Å². The molecule has 154 valence electrons. The number of benzene rings is 1. The van der Waals surface area contributed by atoms with Crippen molar-refractivity contribution in [2.75, 3.05) is 25.4 Å². The van der Waals surface area contributed by atoms with Gasteiger partial charge in [-0.05, 0) is 36.8 Å². The van der Waals surface area contributed by atoms with Crippen LogP contribution in [0.25, 0.3) is 0 Å². The summed E-state index contributed by atoms with van der Waals surface area (Å²) < 4.78 is 0.773. The maximum absolute atomic E-state index is 13.2. The van der Waals surface area contributed by atoms with E-state index in [4.69, 9.17) is 12.2 Å². The van der Waals surface area contributed by atoms with E-state index in [-0.39, 0.29) is 23.2 Å². The number of carbonyl (C=O) groups excluding carboxylic acids is 3. The predicted octanol–water partition coefficient (Wildman–Crippen LogP) is 3.16. The SMILES string of the molecule is O=C1CCCC(=O)C1C1c2ccccc2CCN1C(=O)CSC(=S)N1CCCC1. The zero-order valence-corrected chi connectivity index (χ0v) is 18.1. The Morgan fingerprint density at radius 1 is 1.00 bits per heavy atom. The van der Waals surface area contributed by atoms with Crippen molar-refractivity contribution in [3.63, 3.8) is 0 Å². The van der Waals surface area contributed by atoms with Gasteiger partial charge in [-0.3, -0.25) is 14.4 Å². The Morgan fingerprint density at radius 2 is 1.69 bits per heavy atom. The van der Waals surface area contributed by atoms with E-state index in [1.165, 1.54) is 11.8 Å². The quantitative estimate of drug-likeness (QED) is 0.542. The topological polar surface area (TPSA) is 57.7 Å². The lowest BCUT2D eigenvalue weighted by Gasteiger charge is -2.41. The molecular formula is C22H26N2O3S2. The fraction of sp³-hybridized carbons (Fsp3) is 0.545. The van der Waals surface area contributed by atoms with E-state index in [0.29, 0.717) is 25.8 Å². The van der Waals surface area contributed by atoms with Gasteiger partial charge in [-0.25, -0.2) is 0 Å². The molecule has 0 radical (unpaired) electrons. The van der Waals surface area contributed by atoms with Crippen molar-refractivity contribution >= 4 is 45.8 Å². The first kappa shape index (κ1) is 20.5. The van der Waals surface area contributed by atoms with Gasteiger partial charge in [0.05, 0.1) is 11.8 Å². The molecule has 1 saturated carbocycles. The first-order valence-corrected chi connectivity index (χ1v) is 11.8. The average Bonchev–Trinajstić information content (AvgIpc) is 3.26. The lowest BCUT2D eigenvalue weighted by atomic mass is 9.75. The molecular weight excluding hydrogens is 404 g/mol. The summed E-state index contributed by atoms with van der Waals surface area (Å²) in [5.74, 6) is -0.572. The maximum atomic E-state index is 13.2. The van der Waals surface area contributed by atoms with E-state index < -0.39 is 12.0 Å². The van der Waals surface area contributed by atoms with Crippen LogP contribution in [0.4, 0.5) is 0 Å². The van der Waals surface area contributed by atoms with Gasteiger partial charge in [0.1, 0.15) is 21.8 Å². The first-order chi connectivity index (χ1) is 14.1. The molecule has 5 nitrogen and oxygen atoms in total. The predicted molar refractivity (Wildman–Crippen MR) is 118 cm³/mol. The van der Waals surface area contributed by atoms with Gasteiger partial charge in [0.15, 0.2) is 0 Å². The second-order valence-corrected chi connectivity index (χ2v) is 9.60. The van der Waals surface area contributed by atoms with Crippen molar-refractivity contribution in [3.05, 3.63) is 35.4 Å². The molecule has 1 saturated heterocycles. The first-order valence-electron chi connectivity index (χ1n) is 10.4. The van der Waals surface area contributed by atoms with Crippen LogP contribution in [0.5, 0.6) is 0 Å². The van der Waals surface area contributed by atoms with Crippen LogP contribution in [0.15, 0.2) is 24.3 Å². The van der Waals surface area contributed by atoms with Crippen LogP contribution in [0, 0.1) is 5.92 Å². The van der Waals surface area contributed by atoms with Crippen molar-refractivity contribution in [1.29, 1.82) is 0 Å². The molecule has 0 bridgehead atoms. The summed E-state index contributed by atoms with van der Waals surface area (Å²) in [5.41, 5.74) is 2.08. The summed E-state index contributed by atoms with van der Waals surface area (Å²) in [6.45, 7) is 2.46. The number of hydrogen-bond acceptors (Lipinski definition) is 5. The Morgan fingerprint density at radius 3 is 2.41 bits per heavy atom.